The molecule has 150 valence electrons. The lowest BCUT2D eigenvalue weighted by atomic mass is 10.1. The van der Waals surface area contributed by atoms with E-state index in [9.17, 15) is 26.0 Å². The standard InChI is InChI=1S/C18H16F4N2O2S2/c1-11-13-5-3-4-6-16(13)27-17(11)24(28(25,26)23-2)10-12-7-8-15(19)14(9-12)18(20,21)22/h3-9,23H,10H2,1-2H3. The number of benzene rings is 2. The molecule has 0 saturated heterocycles. The molecule has 28 heavy (non-hydrogen) atoms. The van der Waals surface area contributed by atoms with Crippen LogP contribution in [-0.4, -0.2) is 15.5 Å². The number of rotatable bonds is 5. The summed E-state index contributed by atoms with van der Waals surface area (Å²) in [5, 5.41) is 1.24. The molecule has 0 amide bonds. The van der Waals surface area contributed by atoms with E-state index in [4.69, 9.17) is 0 Å². The zero-order valence-corrected chi connectivity index (χ0v) is 16.5. The zero-order valence-electron chi connectivity index (χ0n) is 14.8. The van der Waals surface area contributed by atoms with Gasteiger partial charge in [-0.2, -0.15) is 21.6 Å². The second-order valence-electron chi connectivity index (χ2n) is 6.06. The zero-order chi connectivity index (χ0) is 20.7. The first-order valence-electron chi connectivity index (χ1n) is 8.09. The Balaban J connectivity index is 2.11. The Labute approximate surface area is 163 Å². The second kappa shape index (κ2) is 7.34. The van der Waals surface area contributed by atoms with Crippen molar-refractivity contribution in [1.82, 2.24) is 4.72 Å². The molecule has 1 N–H and O–H groups in total. The third kappa shape index (κ3) is 3.85. The molecular weight excluding hydrogens is 416 g/mol. The number of thiophene rings is 1. The number of nitrogens with one attached hydrogen (secondary N) is 1. The van der Waals surface area contributed by atoms with Crippen molar-refractivity contribution in [2.24, 2.45) is 0 Å². The van der Waals surface area contributed by atoms with Crippen LogP contribution >= 0.6 is 11.3 Å². The summed E-state index contributed by atoms with van der Waals surface area (Å²) >= 11 is 1.22. The monoisotopic (exact) mass is 432 g/mol. The van der Waals surface area contributed by atoms with Crippen LogP contribution in [0.2, 0.25) is 0 Å². The maximum atomic E-state index is 13.6. The minimum absolute atomic E-state index is 0.0180. The van der Waals surface area contributed by atoms with Crippen LogP contribution in [0.4, 0.5) is 22.6 Å². The topological polar surface area (TPSA) is 49.4 Å². The van der Waals surface area contributed by atoms with E-state index in [0.29, 0.717) is 22.7 Å². The molecule has 3 rings (SSSR count). The number of aryl methyl sites for hydroxylation is 1. The summed E-state index contributed by atoms with van der Waals surface area (Å²) in [7, 11) is -2.80. The number of halogens is 4. The van der Waals surface area contributed by atoms with Crippen LogP contribution in [0.15, 0.2) is 42.5 Å². The van der Waals surface area contributed by atoms with E-state index in [1.54, 1.807) is 6.92 Å². The van der Waals surface area contributed by atoms with E-state index in [1.165, 1.54) is 18.4 Å². The van der Waals surface area contributed by atoms with E-state index < -0.39 is 27.8 Å². The number of hydrogen-bond donors (Lipinski definition) is 1. The number of alkyl halides is 3. The molecule has 0 saturated carbocycles. The summed E-state index contributed by atoms with van der Waals surface area (Å²) in [4.78, 5) is 0. The Morgan fingerprint density at radius 2 is 1.82 bits per heavy atom. The van der Waals surface area contributed by atoms with Gasteiger partial charge in [0.1, 0.15) is 10.8 Å². The smallest absolute Gasteiger partial charge is 0.244 e. The molecule has 3 aromatic rings. The van der Waals surface area contributed by atoms with E-state index >= 15 is 0 Å². The third-order valence-corrected chi connectivity index (χ3v) is 7.07. The minimum Gasteiger partial charge on any atom is -0.244 e. The highest BCUT2D eigenvalue weighted by atomic mass is 32.2. The molecule has 1 aromatic heterocycles. The Bertz CT molecular complexity index is 1120. The Hall–Kier alpha value is -2.17. The van der Waals surface area contributed by atoms with Gasteiger partial charge in [0.15, 0.2) is 0 Å². The first-order valence-corrected chi connectivity index (χ1v) is 10.3. The number of nitrogens with zero attached hydrogens (tertiary/aromatic N) is 1. The molecule has 0 radical (unpaired) electrons. The summed E-state index contributed by atoms with van der Waals surface area (Å²) in [6, 6.07) is 9.78. The highest BCUT2D eigenvalue weighted by Gasteiger charge is 2.35. The van der Waals surface area contributed by atoms with Gasteiger partial charge >= 0.3 is 16.4 Å². The molecule has 0 atom stereocenters. The van der Waals surface area contributed by atoms with Gasteiger partial charge in [0.05, 0.1) is 12.1 Å². The van der Waals surface area contributed by atoms with Crippen molar-refractivity contribution in [3.8, 4) is 0 Å². The Morgan fingerprint density at radius 3 is 2.43 bits per heavy atom. The molecular formula is C18H16F4N2O2S2. The van der Waals surface area contributed by atoms with Gasteiger partial charge in [0.25, 0.3) is 0 Å². The quantitative estimate of drug-likeness (QED) is 0.587. The van der Waals surface area contributed by atoms with Crippen molar-refractivity contribution in [2.45, 2.75) is 19.6 Å². The molecule has 10 heteroatoms. The van der Waals surface area contributed by atoms with E-state index in [0.717, 1.165) is 20.5 Å². The Morgan fingerprint density at radius 1 is 1.14 bits per heavy atom. The number of anilines is 1. The molecule has 0 aliphatic carbocycles. The third-order valence-electron chi connectivity index (χ3n) is 4.26. The predicted octanol–water partition coefficient (Wildman–Crippen LogP) is 4.84. The largest absolute Gasteiger partial charge is 0.419 e. The van der Waals surface area contributed by atoms with Gasteiger partial charge in [0.2, 0.25) is 0 Å². The van der Waals surface area contributed by atoms with Crippen molar-refractivity contribution in [2.75, 3.05) is 11.4 Å². The van der Waals surface area contributed by atoms with Crippen molar-refractivity contribution < 1.29 is 26.0 Å². The van der Waals surface area contributed by atoms with Crippen LogP contribution in [0.3, 0.4) is 0 Å². The van der Waals surface area contributed by atoms with Crippen LogP contribution in [0.25, 0.3) is 10.1 Å². The lowest BCUT2D eigenvalue weighted by Crippen LogP contribution is -2.38. The van der Waals surface area contributed by atoms with E-state index in [2.05, 4.69) is 4.72 Å². The number of fused-ring (bicyclic) bond motifs is 1. The summed E-state index contributed by atoms with van der Waals surface area (Å²) in [5.41, 5.74) is -0.721. The molecule has 0 fully saturated rings. The molecule has 4 nitrogen and oxygen atoms in total. The summed E-state index contributed by atoms with van der Waals surface area (Å²) < 4.78 is 81.9. The van der Waals surface area contributed by atoms with Gasteiger partial charge in [-0.25, -0.2) is 13.4 Å². The van der Waals surface area contributed by atoms with Gasteiger partial charge in [-0.1, -0.05) is 24.3 Å². The molecule has 0 bridgehead atoms. The first kappa shape index (κ1) is 20.6. The normalized spacial score (nSPS) is 12.5. The van der Waals surface area contributed by atoms with E-state index in [1.807, 2.05) is 24.3 Å². The summed E-state index contributed by atoms with van der Waals surface area (Å²) in [5.74, 6) is -1.41. The molecule has 1 heterocycles. The van der Waals surface area contributed by atoms with Gasteiger partial charge < -0.3 is 0 Å². The van der Waals surface area contributed by atoms with Crippen LogP contribution < -0.4 is 9.03 Å². The average molecular weight is 432 g/mol. The highest BCUT2D eigenvalue weighted by molar-refractivity contribution is 7.91. The molecule has 0 aliphatic heterocycles. The molecule has 0 spiro atoms. The van der Waals surface area contributed by atoms with Gasteiger partial charge in [-0.05, 0) is 41.6 Å². The van der Waals surface area contributed by atoms with Crippen LogP contribution in [0.5, 0.6) is 0 Å². The maximum Gasteiger partial charge on any atom is 0.419 e. The van der Waals surface area contributed by atoms with Gasteiger partial charge in [0, 0.05) is 11.7 Å². The molecule has 0 aliphatic rings. The fourth-order valence-electron chi connectivity index (χ4n) is 2.83. The lowest BCUT2D eigenvalue weighted by Gasteiger charge is -2.23. The fourth-order valence-corrected chi connectivity index (χ4v) is 5.25. The SMILES string of the molecule is CNS(=O)(=O)N(Cc1ccc(F)c(C(F)(F)F)c1)c1sc2ccccc2c1C. The van der Waals surface area contributed by atoms with Crippen molar-refractivity contribution in [3.05, 3.63) is 65.0 Å². The van der Waals surface area contributed by atoms with Crippen LogP contribution in [-0.2, 0) is 22.9 Å². The first-order chi connectivity index (χ1) is 13.0. The predicted molar refractivity (Wildman–Crippen MR) is 102 cm³/mol. The minimum atomic E-state index is -4.87. The highest BCUT2D eigenvalue weighted by Crippen LogP contribution is 2.39. The van der Waals surface area contributed by atoms with Crippen LogP contribution in [0, 0.1) is 12.7 Å². The van der Waals surface area contributed by atoms with Crippen molar-refractivity contribution in [1.29, 1.82) is 0 Å². The van der Waals surface area contributed by atoms with E-state index in [-0.39, 0.29) is 12.1 Å². The van der Waals surface area contributed by atoms with Crippen molar-refractivity contribution in [3.63, 3.8) is 0 Å². The van der Waals surface area contributed by atoms with Crippen molar-refractivity contribution >= 4 is 36.6 Å². The lowest BCUT2D eigenvalue weighted by molar-refractivity contribution is -0.140. The van der Waals surface area contributed by atoms with Gasteiger partial charge in [-0.3, -0.25) is 0 Å². The maximum absolute atomic E-state index is 13.6. The molecule has 2 aromatic carbocycles. The Kier molecular flexibility index (Phi) is 5.39. The average Bonchev–Trinajstić information content (AvgIpc) is 2.96. The van der Waals surface area contributed by atoms with Gasteiger partial charge in [-0.15, -0.1) is 11.3 Å². The fraction of sp³-hybridized carbons (Fsp3) is 0.222. The molecule has 0 unspecified atom stereocenters. The second-order valence-corrected chi connectivity index (χ2v) is 8.89. The number of hydrogen-bond acceptors (Lipinski definition) is 3. The van der Waals surface area contributed by atoms with Crippen LogP contribution in [0.1, 0.15) is 16.7 Å². The summed E-state index contributed by atoms with van der Waals surface area (Å²) in [6.45, 7) is 1.37. The summed E-state index contributed by atoms with van der Waals surface area (Å²) in [6.07, 6.45) is -4.87.